The summed E-state index contributed by atoms with van der Waals surface area (Å²) in [5, 5.41) is 3.32. The summed E-state index contributed by atoms with van der Waals surface area (Å²) >= 11 is 0. The average Bonchev–Trinajstić information content (AvgIpc) is 3.25. The highest BCUT2D eigenvalue weighted by Gasteiger charge is 2.27. The number of piperidine rings is 1. The number of benzene rings is 2. The van der Waals surface area contributed by atoms with Crippen molar-refractivity contribution in [2.24, 2.45) is 5.92 Å². The van der Waals surface area contributed by atoms with Gasteiger partial charge in [0.15, 0.2) is 0 Å². The van der Waals surface area contributed by atoms with Crippen LogP contribution in [0, 0.1) is 5.92 Å². The van der Waals surface area contributed by atoms with Crippen LogP contribution in [0.5, 0.6) is 5.75 Å². The lowest BCUT2D eigenvalue weighted by molar-refractivity contribution is -0.133. The maximum absolute atomic E-state index is 13.0. The van der Waals surface area contributed by atoms with E-state index in [0.717, 1.165) is 56.7 Å². The van der Waals surface area contributed by atoms with Gasteiger partial charge in [0.1, 0.15) is 11.8 Å². The molecule has 1 unspecified atom stereocenters. The van der Waals surface area contributed by atoms with Gasteiger partial charge in [0.2, 0.25) is 11.8 Å². The van der Waals surface area contributed by atoms with E-state index in [1.807, 2.05) is 36.1 Å². The van der Waals surface area contributed by atoms with Crippen LogP contribution in [-0.4, -0.2) is 49.5 Å². The molecule has 0 spiro atoms. The van der Waals surface area contributed by atoms with Gasteiger partial charge in [0.05, 0.1) is 12.8 Å². The Morgan fingerprint density at radius 1 is 1.12 bits per heavy atom. The Morgan fingerprint density at radius 2 is 1.88 bits per heavy atom. The van der Waals surface area contributed by atoms with Gasteiger partial charge in [-0.05, 0) is 56.2 Å². The van der Waals surface area contributed by atoms with Crippen LogP contribution < -0.4 is 15.0 Å². The lowest BCUT2D eigenvalue weighted by Gasteiger charge is -2.34. The van der Waals surface area contributed by atoms with Crippen molar-refractivity contribution in [3.05, 3.63) is 54.1 Å². The number of nitrogens with one attached hydrogen (secondary N) is 1. The number of amides is 2. The molecule has 0 aliphatic carbocycles. The van der Waals surface area contributed by atoms with E-state index in [4.69, 9.17) is 4.74 Å². The Labute approximate surface area is 190 Å². The molecule has 2 aliphatic rings. The zero-order chi connectivity index (χ0) is 22.5. The van der Waals surface area contributed by atoms with Gasteiger partial charge in [-0.15, -0.1) is 0 Å². The third kappa shape index (κ3) is 5.06. The van der Waals surface area contributed by atoms with Crippen molar-refractivity contribution in [2.75, 3.05) is 37.0 Å². The smallest absolute Gasteiger partial charge is 0.244 e. The number of hydrogen-bond donors (Lipinski definition) is 1. The highest BCUT2D eigenvalue weighted by molar-refractivity contribution is 5.97. The first kappa shape index (κ1) is 22.2. The molecule has 2 aromatic rings. The molecule has 2 heterocycles. The third-order valence-electron chi connectivity index (χ3n) is 6.59. The van der Waals surface area contributed by atoms with Crippen molar-refractivity contribution in [1.29, 1.82) is 0 Å². The Kier molecular flexibility index (Phi) is 6.98. The summed E-state index contributed by atoms with van der Waals surface area (Å²) < 4.78 is 5.54. The molecule has 4 rings (SSSR count). The van der Waals surface area contributed by atoms with Crippen molar-refractivity contribution < 1.29 is 14.3 Å². The number of rotatable bonds is 7. The van der Waals surface area contributed by atoms with Gasteiger partial charge < -0.3 is 19.9 Å². The topological polar surface area (TPSA) is 61.9 Å². The molecule has 6 nitrogen and oxygen atoms in total. The van der Waals surface area contributed by atoms with Gasteiger partial charge in [0.25, 0.3) is 0 Å². The number of methoxy groups -OCH3 is 1. The van der Waals surface area contributed by atoms with E-state index >= 15 is 0 Å². The zero-order valence-corrected chi connectivity index (χ0v) is 19.0. The van der Waals surface area contributed by atoms with Crippen LogP contribution in [0.4, 0.5) is 11.4 Å². The van der Waals surface area contributed by atoms with E-state index in [1.165, 1.54) is 5.56 Å². The molecule has 0 aromatic heterocycles. The highest BCUT2D eigenvalue weighted by atomic mass is 16.5. The van der Waals surface area contributed by atoms with Crippen molar-refractivity contribution in [2.45, 2.75) is 45.1 Å². The lowest BCUT2D eigenvalue weighted by Crippen LogP contribution is -2.45. The van der Waals surface area contributed by atoms with E-state index in [2.05, 4.69) is 29.6 Å². The van der Waals surface area contributed by atoms with Gasteiger partial charge in [-0.2, -0.15) is 0 Å². The molecule has 32 heavy (non-hydrogen) atoms. The fraction of sp³-hybridized carbons (Fsp3) is 0.462. The van der Waals surface area contributed by atoms with Crippen molar-refractivity contribution in [3.63, 3.8) is 0 Å². The first-order valence-electron chi connectivity index (χ1n) is 11.6. The van der Waals surface area contributed by atoms with Gasteiger partial charge in [-0.25, -0.2) is 0 Å². The normalized spacial score (nSPS) is 18.0. The maximum Gasteiger partial charge on any atom is 0.244 e. The average molecular weight is 436 g/mol. The summed E-state index contributed by atoms with van der Waals surface area (Å²) in [6.45, 7) is 4.24. The summed E-state index contributed by atoms with van der Waals surface area (Å²) in [4.78, 5) is 28.9. The second-order valence-electron chi connectivity index (χ2n) is 8.86. The van der Waals surface area contributed by atoms with Crippen LogP contribution in [-0.2, 0) is 16.0 Å². The van der Waals surface area contributed by atoms with E-state index in [9.17, 15) is 9.59 Å². The second-order valence-corrected chi connectivity index (χ2v) is 8.86. The van der Waals surface area contributed by atoms with Gasteiger partial charge in [-0.3, -0.25) is 9.59 Å². The Morgan fingerprint density at radius 3 is 2.53 bits per heavy atom. The number of nitrogens with zero attached hydrogens (tertiary/aromatic N) is 2. The van der Waals surface area contributed by atoms with Gasteiger partial charge >= 0.3 is 0 Å². The number of ether oxygens (including phenoxy) is 1. The number of hydrogen-bond acceptors (Lipinski definition) is 4. The summed E-state index contributed by atoms with van der Waals surface area (Å²) in [7, 11) is 1.61. The van der Waals surface area contributed by atoms with E-state index in [1.54, 1.807) is 12.0 Å². The predicted molar refractivity (Wildman–Crippen MR) is 127 cm³/mol. The minimum Gasteiger partial charge on any atom is -0.494 e. The van der Waals surface area contributed by atoms with Gasteiger partial charge in [0, 0.05) is 37.8 Å². The molecule has 0 bridgehead atoms. The summed E-state index contributed by atoms with van der Waals surface area (Å²) in [5.41, 5.74) is 2.98. The van der Waals surface area contributed by atoms with Gasteiger partial charge in [-0.1, -0.05) is 30.3 Å². The van der Waals surface area contributed by atoms with Crippen molar-refractivity contribution in [1.82, 2.24) is 4.90 Å². The van der Waals surface area contributed by atoms with E-state index in [-0.39, 0.29) is 17.9 Å². The highest BCUT2D eigenvalue weighted by Crippen LogP contribution is 2.34. The van der Waals surface area contributed by atoms with Crippen molar-refractivity contribution >= 4 is 23.2 Å². The molecule has 2 aliphatic heterocycles. The van der Waals surface area contributed by atoms with E-state index in [0.29, 0.717) is 18.1 Å². The number of likely N-dealkylation sites (tertiary alicyclic amines) is 1. The molecule has 6 heteroatoms. The monoisotopic (exact) mass is 435 g/mol. The largest absolute Gasteiger partial charge is 0.494 e. The molecule has 2 saturated heterocycles. The number of carbonyl (C=O) groups excluding carboxylic acids is 2. The summed E-state index contributed by atoms with van der Waals surface area (Å²) in [6, 6.07) is 16.0. The molecule has 1 atom stereocenters. The molecule has 0 saturated carbocycles. The molecule has 1 N–H and O–H groups in total. The standard InChI is InChI=1S/C26H33N3O3/c1-19(26(31)28-15-12-21(13-16-28)17-20-7-4-3-5-8-20)27-22-10-11-23(24(18-22)32-2)29-14-6-9-25(29)30/h3-5,7-8,10-11,18-19,21,27H,6,9,12-17H2,1-2H3. The quantitative estimate of drug-likeness (QED) is 0.711. The Hall–Kier alpha value is -3.02. The molecular formula is C26H33N3O3. The first-order chi connectivity index (χ1) is 15.5. The van der Waals surface area contributed by atoms with E-state index < -0.39 is 0 Å². The van der Waals surface area contributed by atoms with Crippen LogP contribution in [0.2, 0.25) is 0 Å². The summed E-state index contributed by atoms with van der Waals surface area (Å²) in [5.74, 6) is 1.53. The van der Waals surface area contributed by atoms with Crippen LogP contribution in [0.1, 0.15) is 38.2 Å². The third-order valence-corrected chi connectivity index (χ3v) is 6.59. The predicted octanol–water partition coefficient (Wildman–Crippen LogP) is 4.10. The zero-order valence-electron chi connectivity index (χ0n) is 19.0. The molecule has 2 aromatic carbocycles. The Bertz CT molecular complexity index is 939. The van der Waals surface area contributed by atoms with Crippen LogP contribution in [0.25, 0.3) is 0 Å². The minimum absolute atomic E-state index is 0.126. The SMILES string of the molecule is COc1cc(NC(C)C(=O)N2CCC(Cc3ccccc3)CC2)ccc1N1CCCC1=O. The fourth-order valence-corrected chi connectivity index (χ4v) is 4.78. The molecule has 2 amide bonds. The molecule has 0 radical (unpaired) electrons. The first-order valence-corrected chi connectivity index (χ1v) is 11.6. The molecular weight excluding hydrogens is 402 g/mol. The molecule has 170 valence electrons. The minimum atomic E-state index is -0.329. The lowest BCUT2D eigenvalue weighted by atomic mass is 9.90. The summed E-state index contributed by atoms with van der Waals surface area (Å²) in [6.07, 6.45) is 4.62. The fourth-order valence-electron chi connectivity index (χ4n) is 4.78. The van der Waals surface area contributed by atoms with Crippen molar-refractivity contribution in [3.8, 4) is 5.75 Å². The number of carbonyl (C=O) groups is 2. The number of anilines is 2. The second kappa shape index (κ2) is 10.1. The maximum atomic E-state index is 13.0. The van der Waals surface area contributed by atoms with Crippen LogP contribution >= 0.6 is 0 Å². The van der Waals surface area contributed by atoms with Crippen LogP contribution in [0.15, 0.2) is 48.5 Å². The van der Waals surface area contributed by atoms with Crippen LogP contribution in [0.3, 0.4) is 0 Å². The Balaban J connectivity index is 1.32. The molecule has 2 fully saturated rings.